The minimum Gasteiger partial charge on any atom is -0.480 e. The summed E-state index contributed by atoms with van der Waals surface area (Å²) in [7, 11) is 0. The third-order valence-corrected chi connectivity index (χ3v) is 9.95. The standard InChI is InChI=1S/C31H32ClN3O4/c32-16-26(36)35-25(30(38)39)12-23-22-3-1-2-4-24(22)33-27(23)28(35)20-5-7-21(8-6-20)29(37)34-31-13-17-9-18(14-31)11-19(10-17)15-31/h1-8,17-19,25,28,33H,9-16H2,(H,34,37)(H,38,39)/t17?,18?,19?,25-,28?,31?/m1/s1. The van der Waals surface area contributed by atoms with Crippen LogP contribution >= 0.6 is 11.6 Å². The molecule has 4 bridgehead atoms. The van der Waals surface area contributed by atoms with E-state index in [-0.39, 0.29) is 23.7 Å². The highest BCUT2D eigenvalue weighted by Gasteiger charge is 2.51. The predicted octanol–water partition coefficient (Wildman–Crippen LogP) is 5.03. The zero-order valence-electron chi connectivity index (χ0n) is 21.7. The Bertz CT molecular complexity index is 1440. The van der Waals surface area contributed by atoms with Crippen LogP contribution in [-0.2, 0) is 16.0 Å². The number of carboxylic acids is 1. The summed E-state index contributed by atoms with van der Waals surface area (Å²) >= 11 is 5.98. The first-order valence-corrected chi connectivity index (χ1v) is 14.5. The van der Waals surface area contributed by atoms with Crippen LogP contribution in [0.3, 0.4) is 0 Å². The Kier molecular flexibility index (Phi) is 5.78. The van der Waals surface area contributed by atoms with Crippen molar-refractivity contribution >= 4 is 40.3 Å². The number of nitrogens with one attached hydrogen (secondary N) is 2. The molecule has 3 aromatic rings. The molecule has 4 aliphatic carbocycles. The van der Waals surface area contributed by atoms with Crippen LogP contribution in [0, 0.1) is 17.8 Å². The van der Waals surface area contributed by atoms with Crippen molar-refractivity contribution in [1.29, 1.82) is 0 Å². The molecule has 202 valence electrons. The van der Waals surface area contributed by atoms with Crippen LogP contribution < -0.4 is 5.32 Å². The molecule has 0 radical (unpaired) electrons. The normalized spacial score (nSPS) is 30.8. The average Bonchev–Trinajstić information content (AvgIpc) is 3.29. The van der Waals surface area contributed by atoms with E-state index in [4.69, 9.17) is 11.6 Å². The molecule has 2 atom stereocenters. The van der Waals surface area contributed by atoms with E-state index in [1.165, 1.54) is 24.2 Å². The molecule has 8 heteroatoms. The van der Waals surface area contributed by atoms with Gasteiger partial charge in [-0.15, -0.1) is 11.6 Å². The van der Waals surface area contributed by atoms with Crippen molar-refractivity contribution in [3.63, 3.8) is 0 Å². The number of carbonyl (C=O) groups excluding carboxylic acids is 2. The summed E-state index contributed by atoms with van der Waals surface area (Å²) < 4.78 is 0. The summed E-state index contributed by atoms with van der Waals surface area (Å²) in [6.07, 6.45) is 7.39. The summed E-state index contributed by atoms with van der Waals surface area (Å²) in [6, 6.07) is 13.3. The van der Waals surface area contributed by atoms with Crippen LogP contribution in [0.15, 0.2) is 48.5 Å². The van der Waals surface area contributed by atoms with E-state index < -0.39 is 24.0 Å². The quantitative estimate of drug-likeness (QED) is 0.391. The summed E-state index contributed by atoms with van der Waals surface area (Å²) in [4.78, 5) is 43.7. The van der Waals surface area contributed by atoms with Gasteiger partial charge < -0.3 is 20.3 Å². The molecule has 2 amide bonds. The first kappa shape index (κ1) is 24.7. The number of alkyl halides is 1. The van der Waals surface area contributed by atoms with Gasteiger partial charge in [-0.2, -0.15) is 0 Å². The fourth-order valence-corrected chi connectivity index (χ4v) is 8.74. The van der Waals surface area contributed by atoms with E-state index in [9.17, 15) is 19.5 Å². The fourth-order valence-electron chi connectivity index (χ4n) is 8.60. The van der Waals surface area contributed by atoms with E-state index in [2.05, 4.69) is 10.3 Å². The molecule has 2 aromatic carbocycles. The number of para-hydroxylation sites is 1. The maximum Gasteiger partial charge on any atom is 0.326 e. The number of carboxylic acid groups (broad SMARTS) is 1. The lowest BCUT2D eigenvalue weighted by atomic mass is 9.53. The Hall–Kier alpha value is -3.32. The first-order chi connectivity index (χ1) is 18.8. The van der Waals surface area contributed by atoms with Crippen LogP contribution in [0.25, 0.3) is 10.9 Å². The van der Waals surface area contributed by atoms with Crippen molar-refractivity contribution in [2.45, 2.75) is 62.6 Å². The number of hydrogen-bond donors (Lipinski definition) is 3. The minimum atomic E-state index is -1.07. The number of rotatable bonds is 5. The van der Waals surface area contributed by atoms with E-state index in [1.54, 1.807) is 12.1 Å². The molecule has 0 spiro atoms. The molecule has 0 saturated heterocycles. The van der Waals surface area contributed by atoms with Gasteiger partial charge in [0.15, 0.2) is 0 Å². The van der Waals surface area contributed by atoms with E-state index in [1.807, 2.05) is 36.4 Å². The molecule has 3 N–H and O–H groups in total. The molecule has 4 saturated carbocycles. The Labute approximate surface area is 231 Å². The lowest BCUT2D eigenvalue weighted by molar-refractivity contribution is -0.151. The number of carbonyl (C=O) groups is 3. The second kappa shape index (κ2) is 9.12. The molecule has 2 heterocycles. The molecule has 5 aliphatic rings. The van der Waals surface area contributed by atoms with Gasteiger partial charge in [-0.1, -0.05) is 30.3 Å². The Morgan fingerprint density at radius 1 is 0.974 bits per heavy atom. The summed E-state index contributed by atoms with van der Waals surface area (Å²) in [5.41, 5.74) is 3.81. The molecule has 1 aliphatic heterocycles. The Morgan fingerprint density at radius 3 is 2.23 bits per heavy atom. The maximum atomic E-state index is 13.4. The fraction of sp³-hybridized carbons (Fsp3) is 0.452. The SMILES string of the molecule is O=C(NC12CC3CC(CC(C3)C1)C2)c1ccc(C2c3[nH]c4ccccc4c3C[C@H](C(=O)O)N2C(=O)CCl)cc1. The molecule has 39 heavy (non-hydrogen) atoms. The van der Waals surface area contributed by atoms with Crippen molar-refractivity contribution in [1.82, 2.24) is 15.2 Å². The molecule has 1 aromatic heterocycles. The van der Waals surface area contributed by atoms with Crippen LogP contribution in [0.5, 0.6) is 0 Å². The monoisotopic (exact) mass is 545 g/mol. The summed E-state index contributed by atoms with van der Waals surface area (Å²) in [5.74, 6) is 0.329. The minimum absolute atomic E-state index is 0.0597. The number of halogens is 1. The van der Waals surface area contributed by atoms with Gasteiger partial charge in [0.05, 0.1) is 6.04 Å². The number of aliphatic carboxylic acids is 1. The van der Waals surface area contributed by atoms with Gasteiger partial charge in [0.25, 0.3) is 5.91 Å². The van der Waals surface area contributed by atoms with E-state index in [0.29, 0.717) is 5.56 Å². The van der Waals surface area contributed by atoms with Gasteiger partial charge in [-0.25, -0.2) is 4.79 Å². The van der Waals surface area contributed by atoms with Crippen molar-refractivity contribution in [2.24, 2.45) is 17.8 Å². The van der Waals surface area contributed by atoms with Crippen molar-refractivity contribution in [3.8, 4) is 0 Å². The molecule has 4 fully saturated rings. The Morgan fingerprint density at radius 2 is 1.62 bits per heavy atom. The number of H-pyrrole nitrogens is 1. The lowest BCUT2D eigenvalue weighted by Crippen LogP contribution is -2.59. The van der Waals surface area contributed by atoms with Crippen LogP contribution in [0.1, 0.15) is 71.7 Å². The highest BCUT2D eigenvalue weighted by atomic mass is 35.5. The molecular formula is C31H32ClN3O4. The summed E-state index contributed by atoms with van der Waals surface area (Å²) in [6.45, 7) is 0. The zero-order valence-corrected chi connectivity index (χ0v) is 22.4. The summed E-state index contributed by atoms with van der Waals surface area (Å²) in [5, 5.41) is 14.5. The largest absolute Gasteiger partial charge is 0.480 e. The zero-order chi connectivity index (χ0) is 26.9. The number of hydrogen-bond acceptors (Lipinski definition) is 3. The molecule has 1 unspecified atom stereocenters. The van der Waals surface area contributed by atoms with Gasteiger partial charge in [0.1, 0.15) is 11.9 Å². The van der Waals surface area contributed by atoms with Crippen molar-refractivity contribution in [2.75, 3.05) is 5.88 Å². The van der Waals surface area contributed by atoms with E-state index >= 15 is 0 Å². The number of amides is 2. The number of benzene rings is 2. The lowest BCUT2D eigenvalue weighted by Gasteiger charge is -2.56. The van der Waals surface area contributed by atoms with Crippen molar-refractivity contribution in [3.05, 3.63) is 70.9 Å². The van der Waals surface area contributed by atoms with Crippen LogP contribution in [0.2, 0.25) is 0 Å². The highest BCUT2D eigenvalue weighted by Crippen LogP contribution is 2.55. The topological polar surface area (TPSA) is 102 Å². The van der Waals surface area contributed by atoms with Gasteiger partial charge >= 0.3 is 5.97 Å². The Balaban J connectivity index is 1.23. The number of aromatic amines is 1. The smallest absolute Gasteiger partial charge is 0.326 e. The van der Waals surface area contributed by atoms with Crippen LogP contribution in [-0.4, -0.2) is 50.2 Å². The molecular weight excluding hydrogens is 514 g/mol. The number of aromatic nitrogens is 1. The maximum absolute atomic E-state index is 13.4. The highest BCUT2D eigenvalue weighted by molar-refractivity contribution is 6.27. The second-order valence-corrected chi connectivity index (χ2v) is 12.5. The number of fused-ring (bicyclic) bond motifs is 3. The predicted molar refractivity (Wildman–Crippen MR) is 148 cm³/mol. The van der Waals surface area contributed by atoms with Gasteiger partial charge in [-0.3, -0.25) is 9.59 Å². The second-order valence-electron chi connectivity index (χ2n) is 12.2. The van der Waals surface area contributed by atoms with Gasteiger partial charge in [0, 0.05) is 34.1 Å². The first-order valence-electron chi connectivity index (χ1n) is 14.0. The van der Waals surface area contributed by atoms with Crippen molar-refractivity contribution < 1.29 is 19.5 Å². The van der Waals surface area contributed by atoms with E-state index in [0.717, 1.165) is 64.7 Å². The van der Waals surface area contributed by atoms with Crippen LogP contribution in [0.4, 0.5) is 0 Å². The number of nitrogens with zero attached hydrogens (tertiary/aromatic N) is 1. The third-order valence-electron chi connectivity index (χ3n) is 9.72. The molecule has 7 nitrogen and oxygen atoms in total. The average molecular weight is 546 g/mol. The van der Waals surface area contributed by atoms with Gasteiger partial charge in [0.2, 0.25) is 5.91 Å². The third kappa shape index (κ3) is 4.05. The van der Waals surface area contributed by atoms with Gasteiger partial charge in [-0.05, 0) is 85.6 Å². The molecule has 8 rings (SSSR count).